The average molecular weight is 258 g/mol. The predicted octanol–water partition coefficient (Wildman–Crippen LogP) is -5.08. The molecule has 0 aliphatic carbocycles. The van der Waals surface area contributed by atoms with Gasteiger partial charge in [0.15, 0.2) is 0 Å². The molecule has 0 aromatic rings. The summed E-state index contributed by atoms with van der Waals surface area (Å²) in [6.07, 6.45) is 0. The van der Waals surface area contributed by atoms with Gasteiger partial charge in [0.1, 0.15) is 0 Å². The first-order chi connectivity index (χ1) is 6.34. The fourth-order valence-corrected chi connectivity index (χ4v) is 0.810. The van der Waals surface area contributed by atoms with Crippen LogP contribution < -0.4 is 15.3 Å². The van der Waals surface area contributed by atoms with Crippen LogP contribution in [0.4, 0.5) is 0 Å². The fraction of sp³-hybridized carbons (Fsp3) is 0.571. The number of carboxylic acid groups (broad SMARTS) is 3. The molecule has 1 radical (unpaired) electrons. The Kier molecular flexibility index (Phi) is 7.85. The van der Waals surface area contributed by atoms with Crippen LogP contribution in [0, 0.1) is 0 Å². The van der Waals surface area contributed by atoms with Gasteiger partial charge in [-0.1, -0.05) is 0 Å². The molecule has 85 valence electrons. The summed E-state index contributed by atoms with van der Waals surface area (Å²) in [5.41, 5.74) is 0. The van der Waals surface area contributed by atoms with Gasteiger partial charge in [0, 0.05) is 19.1 Å². The van der Waals surface area contributed by atoms with E-state index < -0.39 is 37.0 Å². The second-order valence-corrected chi connectivity index (χ2v) is 2.64. The third-order valence-electron chi connectivity index (χ3n) is 1.55. The van der Waals surface area contributed by atoms with E-state index in [9.17, 15) is 29.7 Å². The molecule has 0 saturated heterocycles. The van der Waals surface area contributed by atoms with Crippen molar-refractivity contribution in [2.75, 3.05) is 13.1 Å². The van der Waals surface area contributed by atoms with Gasteiger partial charge in [-0.05, 0) is 6.92 Å². The van der Waals surface area contributed by atoms with Crippen LogP contribution in [0.15, 0.2) is 0 Å². The van der Waals surface area contributed by atoms with Crippen molar-refractivity contribution in [1.82, 2.24) is 4.90 Å². The Bertz CT molecular complexity index is 240. The van der Waals surface area contributed by atoms with Crippen molar-refractivity contribution in [1.29, 1.82) is 0 Å². The zero-order chi connectivity index (χ0) is 11.3. The monoisotopic (exact) mass is 258 g/mol. The number of nitrogens with zero attached hydrogens (tertiary/aromatic N) is 1. The van der Waals surface area contributed by atoms with Gasteiger partial charge < -0.3 is 29.7 Å². The molecule has 15 heavy (non-hydrogen) atoms. The van der Waals surface area contributed by atoms with Crippen molar-refractivity contribution in [3.8, 4) is 0 Å². The molecule has 0 unspecified atom stereocenters. The first kappa shape index (κ1) is 16.3. The Labute approximate surface area is 96.2 Å². The van der Waals surface area contributed by atoms with Gasteiger partial charge in [-0.25, -0.2) is 0 Å². The Morgan fingerprint density at radius 2 is 1.40 bits per heavy atom. The third kappa shape index (κ3) is 6.89. The molecular weight excluding hydrogens is 250 g/mol. The molecule has 0 N–H and O–H groups in total. The molecule has 0 rings (SSSR count). The van der Waals surface area contributed by atoms with Crippen LogP contribution in [0.5, 0.6) is 0 Å². The maximum atomic E-state index is 10.3. The Balaban J connectivity index is 0. The molecular formula is C7H8FeNO6. The van der Waals surface area contributed by atoms with Crippen LogP contribution in [-0.4, -0.2) is 41.9 Å². The zero-order valence-corrected chi connectivity index (χ0v) is 8.85. The van der Waals surface area contributed by atoms with Crippen molar-refractivity contribution in [3.63, 3.8) is 0 Å². The van der Waals surface area contributed by atoms with E-state index in [0.29, 0.717) is 4.90 Å². The van der Waals surface area contributed by atoms with Crippen LogP contribution in [0.25, 0.3) is 0 Å². The molecule has 0 aromatic heterocycles. The molecule has 0 aliphatic rings. The Morgan fingerprint density at radius 3 is 1.60 bits per heavy atom. The van der Waals surface area contributed by atoms with E-state index in [4.69, 9.17) is 0 Å². The van der Waals surface area contributed by atoms with Gasteiger partial charge in [0.25, 0.3) is 0 Å². The van der Waals surface area contributed by atoms with Gasteiger partial charge in [-0.15, -0.1) is 0 Å². The van der Waals surface area contributed by atoms with Crippen molar-refractivity contribution >= 4 is 17.9 Å². The summed E-state index contributed by atoms with van der Waals surface area (Å²) < 4.78 is 0. The summed E-state index contributed by atoms with van der Waals surface area (Å²) in [7, 11) is 0. The topological polar surface area (TPSA) is 124 Å². The Morgan fingerprint density at radius 1 is 1.07 bits per heavy atom. The van der Waals surface area contributed by atoms with Crippen molar-refractivity contribution in [2.24, 2.45) is 0 Å². The number of rotatable bonds is 6. The third-order valence-corrected chi connectivity index (χ3v) is 1.55. The summed E-state index contributed by atoms with van der Waals surface area (Å²) in [4.78, 5) is 31.3. The second-order valence-electron chi connectivity index (χ2n) is 2.64. The molecule has 8 heteroatoms. The molecule has 1 atom stereocenters. The van der Waals surface area contributed by atoms with Crippen LogP contribution in [0.2, 0.25) is 0 Å². The molecule has 0 saturated carbocycles. The zero-order valence-electron chi connectivity index (χ0n) is 7.74. The van der Waals surface area contributed by atoms with E-state index in [2.05, 4.69) is 0 Å². The van der Waals surface area contributed by atoms with Crippen LogP contribution >= 0.6 is 0 Å². The normalized spacial score (nSPS) is 11.6. The second kappa shape index (κ2) is 7.22. The largest absolute Gasteiger partial charge is 3.00 e. The maximum absolute atomic E-state index is 10.3. The summed E-state index contributed by atoms with van der Waals surface area (Å²) in [5, 5.41) is 30.6. The standard InChI is InChI=1S/C7H11NO6.Fe/c1-4(7(13)14)8(2-5(9)10)3-6(11)12;/h4H,2-3H2,1H3,(H,9,10)(H,11,12)(H,13,14);/q;+3/p-3/t4-;/m0./s1. The van der Waals surface area contributed by atoms with Gasteiger partial charge in [0.2, 0.25) is 0 Å². The molecule has 0 aliphatic heterocycles. The van der Waals surface area contributed by atoms with Gasteiger partial charge in [0.05, 0.1) is 17.9 Å². The van der Waals surface area contributed by atoms with Crippen molar-refractivity contribution in [3.05, 3.63) is 0 Å². The summed E-state index contributed by atoms with van der Waals surface area (Å²) in [6.45, 7) is -0.493. The van der Waals surface area contributed by atoms with Crippen molar-refractivity contribution < 1.29 is 46.8 Å². The number of carbonyl (C=O) groups excluding carboxylic acids is 3. The summed E-state index contributed by atoms with van der Waals surface area (Å²) in [5.74, 6) is -4.70. The van der Waals surface area contributed by atoms with E-state index in [1.54, 1.807) is 0 Å². The molecule has 0 amide bonds. The van der Waals surface area contributed by atoms with Crippen molar-refractivity contribution in [2.45, 2.75) is 13.0 Å². The summed E-state index contributed by atoms with van der Waals surface area (Å²) >= 11 is 0. The first-order valence-corrected chi connectivity index (χ1v) is 3.69. The van der Waals surface area contributed by atoms with E-state index in [-0.39, 0.29) is 17.1 Å². The van der Waals surface area contributed by atoms with E-state index in [1.807, 2.05) is 0 Å². The number of carbonyl (C=O) groups is 3. The minimum atomic E-state index is -1.57. The number of hydrogen-bond acceptors (Lipinski definition) is 7. The smallest absolute Gasteiger partial charge is 0.549 e. The van der Waals surface area contributed by atoms with Gasteiger partial charge in [-0.3, -0.25) is 4.90 Å². The molecule has 0 aromatic carbocycles. The van der Waals surface area contributed by atoms with Gasteiger partial charge in [-0.2, -0.15) is 0 Å². The van der Waals surface area contributed by atoms with E-state index >= 15 is 0 Å². The molecule has 0 bridgehead atoms. The predicted molar refractivity (Wildman–Crippen MR) is 36.1 cm³/mol. The maximum Gasteiger partial charge on any atom is 3.00 e. The minimum Gasteiger partial charge on any atom is -0.549 e. The van der Waals surface area contributed by atoms with E-state index in [0.717, 1.165) is 6.92 Å². The Hall–Kier alpha value is -1.11. The van der Waals surface area contributed by atoms with E-state index in [1.165, 1.54) is 0 Å². The quantitative estimate of drug-likeness (QED) is 0.436. The van der Waals surface area contributed by atoms with Gasteiger partial charge >= 0.3 is 17.1 Å². The molecule has 0 spiro atoms. The minimum absolute atomic E-state index is 0. The molecule has 0 heterocycles. The number of hydrogen-bond donors (Lipinski definition) is 0. The SMILES string of the molecule is C[C@@H](C(=O)[O-])N(CC(=O)[O-])CC(=O)[O-].[Fe+3]. The average Bonchev–Trinajstić information content (AvgIpc) is 1.99. The number of aliphatic carboxylic acids is 3. The van der Waals surface area contributed by atoms with Crippen LogP contribution in [-0.2, 0) is 31.5 Å². The van der Waals surface area contributed by atoms with Crippen LogP contribution in [0.1, 0.15) is 6.92 Å². The first-order valence-electron chi connectivity index (χ1n) is 3.69. The fourth-order valence-electron chi connectivity index (χ4n) is 0.810. The summed E-state index contributed by atoms with van der Waals surface area (Å²) in [6, 6.07) is -1.33. The molecule has 7 nitrogen and oxygen atoms in total. The molecule has 0 fully saturated rings. The number of carboxylic acids is 3. The van der Waals surface area contributed by atoms with Crippen LogP contribution in [0.3, 0.4) is 0 Å².